The molecule has 1 aromatic rings. The maximum Gasteiger partial charge on any atom is 0.288 e. The van der Waals surface area contributed by atoms with Gasteiger partial charge in [0.15, 0.2) is 0 Å². The van der Waals surface area contributed by atoms with Gasteiger partial charge in [-0.2, -0.15) is 0 Å². The van der Waals surface area contributed by atoms with Gasteiger partial charge in [-0.05, 0) is 27.7 Å². The first-order valence-corrected chi connectivity index (χ1v) is 7.03. The van der Waals surface area contributed by atoms with Crippen LogP contribution in [0.25, 0.3) is 0 Å². The number of nitro benzene ring substituents is 1. The van der Waals surface area contributed by atoms with Crippen LogP contribution in [-0.2, 0) is 11.4 Å². The molecular weight excluding hydrogens is 288 g/mol. The first-order chi connectivity index (χ1) is 8.64. The van der Waals surface area contributed by atoms with E-state index in [9.17, 15) is 14.7 Å². The van der Waals surface area contributed by atoms with E-state index < -0.39 is 21.0 Å². The quantitative estimate of drug-likeness (QED) is 0.371. The SMILES string of the molecule is CC(=N[S+]([O-])C(C)(C)C)c1cccc([N+](=O)[O-])c1Cl. The van der Waals surface area contributed by atoms with Crippen LogP contribution in [0.5, 0.6) is 0 Å². The van der Waals surface area contributed by atoms with Crippen LogP contribution in [0, 0.1) is 10.1 Å². The summed E-state index contributed by atoms with van der Waals surface area (Å²) in [6.45, 7) is 7.04. The van der Waals surface area contributed by atoms with Crippen LogP contribution in [0.15, 0.2) is 22.6 Å². The molecule has 0 saturated heterocycles. The Balaban J connectivity index is 3.21. The Morgan fingerprint density at radius 1 is 1.42 bits per heavy atom. The summed E-state index contributed by atoms with van der Waals surface area (Å²) in [7, 11) is 0. The number of rotatable bonds is 3. The molecule has 0 aliphatic rings. The highest BCUT2D eigenvalue weighted by Gasteiger charge is 2.27. The van der Waals surface area contributed by atoms with Gasteiger partial charge in [-0.3, -0.25) is 10.1 Å². The summed E-state index contributed by atoms with van der Waals surface area (Å²) in [5, 5.41) is 10.8. The van der Waals surface area contributed by atoms with Crippen molar-refractivity contribution in [3.63, 3.8) is 0 Å². The first-order valence-electron chi connectivity index (χ1n) is 5.55. The molecule has 0 radical (unpaired) electrons. The summed E-state index contributed by atoms with van der Waals surface area (Å²) >= 11 is 4.54. The van der Waals surface area contributed by atoms with Crippen molar-refractivity contribution in [2.75, 3.05) is 0 Å². The number of nitro groups is 1. The van der Waals surface area contributed by atoms with Gasteiger partial charge in [0.2, 0.25) is 0 Å². The number of halogens is 1. The van der Waals surface area contributed by atoms with Gasteiger partial charge < -0.3 is 4.55 Å². The van der Waals surface area contributed by atoms with Gasteiger partial charge in [-0.1, -0.05) is 28.1 Å². The van der Waals surface area contributed by atoms with Crippen molar-refractivity contribution >= 4 is 34.4 Å². The highest BCUT2D eigenvalue weighted by molar-refractivity contribution is 7.91. The van der Waals surface area contributed by atoms with E-state index in [0.717, 1.165) is 0 Å². The molecule has 19 heavy (non-hydrogen) atoms. The van der Waals surface area contributed by atoms with E-state index in [1.54, 1.807) is 33.8 Å². The van der Waals surface area contributed by atoms with E-state index in [0.29, 0.717) is 11.3 Å². The average Bonchev–Trinajstić information content (AvgIpc) is 2.27. The molecule has 1 atom stereocenters. The third kappa shape index (κ3) is 3.92. The second-order valence-electron chi connectivity index (χ2n) is 4.93. The first kappa shape index (κ1) is 15.9. The number of hydrogen-bond acceptors (Lipinski definition) is 4. The van der Waals surface area contributed by atoms with E-state index >= 15 is 0 Å². The minimum Gasteiger partial charge on any atom is -0.591 e. The predicted octanol–water partition coefficient (Wildman–Crippen LogP) is 3.52. The molecule has 0 aliphatic heterocycles. The van der Waals surface area contributed by atoms with Crippen molar-refractivity contribution in [3.05, 3.63) is 38.9 Å². The van der Waals surface area contributed by atoms with Gasteiger partial charge in [0.05, 0.1) is 10.6 Å². The highest BCUT2D eigenvalue weighted by atomic mass is 35.5. The minimum atomic E-state index is -1.43. The van der Waals surface area contributed by atoms with E-state index in [2.05, 4.69) is 4.40 Å². The molecule has 0 bridgehead atoms. The molecule has 104 valence electrons. The summed E-state index contributed by atoms with van der Waals surface area (Å²) in [6, 6.07) is 4.46. The maximum absolute atomic E-state index is 11.9. The molecule has 0 spiro atoms. The zero-order chi connectivity index (χ0) is 14.8. The molecule has 0 amide bonds. The van der Waals surface area contributed by atoms with E-state index in [1.807, 2.05) is 0 Å². The number of nitrogens with zero attached hydrogens (tertiary/aromatic N) is 2. The van der Waals surface area contributed by atoms with Crippen molar-refractivity contribution in [2.45, 2.75) is 32.4 Å². The third-order valence-corrected chi connectivity index (χ3v) is 4.19. The lowest BCUT2D eigenvalue weighted by Crippen LogP contribution is -2.26. The molecular formula is C12H15ClN2O3S. The Bertz CT molecular complexity index is 526. The van der Waals surface area contributed by atoms with E-state index in [1.165, 1.54) is 12.1 Å². The van der Waals surface area contributed by atoms with Crippen LogP contribution in [0.1, 0.15) is 33.3 Å². The largest absolute Gasteiger partial charge is 0.591 e. The van der Waals surface area contributed by atoms with Crippen LogP contribution in [0.4, 0.5) is 5.69 Å². The lowest BCUT2D eigenvalue weighted by Gasteiger charge is -2.18. The lowest BCUT2D eigenvalue weighted by atomic mass is 10.1. The zero-order valence-electron chi connectivity index (χ0n) is 11.1. The van der Waals surface area contributed by atoms with Gasteiger partial charge in [0.25, 0.3) is 5.69 Å². The van der Waals surface area contributed by atoms with Crippen molar-refractivity contribution in [2.24, 2.45) is 4.40 Å². The number of benzene rings is 1. The van der Waals surface area contributed by atoms with E-state index in [-0.39, 0.29) is 10.7 Å². The molecule has 0 heterocycles. The predicted molar refractivity (Wildman–Crippen MR) is 78.2 cm³/mol. The number of hydrogen-bond donors (Lipinski definition) is 0. The fraction of sp³-hybridized carbons (Fsp3) is 0.417. The standard InChI is InChI=1S/C12H15ClN2O3S/c1-8(14-19(18)12(2,3)4)9-6-5-7-10(11(9)13)15(16)17/h5-7H,1-4H3. The molecule has 0 fully saturated rings. The summed E-state index contributed by atoms with van der Waals surface area (Å²) in [4.78, 5) is 10.2. The van der Waals surface area contributed by atoms with Gasteiger partial charge >= 0.3 is 0 Å². The highest BCUT2D eigenvalue weighted by Crippen LogP contribution is 2.29. The zero-order valence-corrected chi connectivity index (χ0v) is 12.7. The Morgan fingerprint density at radius 3 is 2.47 bits per heavy atom. The van der Waals surface area contributed by atoms with Crippen LogP contribution in [-0.4, -0.2) is 19.9 Å². The maximum atomic E-state index is 11.9. The molecule has 5 nitrogen and oxygen atoms in total. The molecule has 1 rings (SSSR count). The van der Waals surface area contributed by atoms with Gasteiger partial charge in [-0.25, -0.2) is 0 Å². The molecule has 0 aromatic heterocycles. The van der Waals surface area contributed by atoms with Crippen LogP contribution in [0.3, 0.4) is 0 Å². The average molecular weight is 303 g/mol. The van der Waals surface area contributed by atoms with Gasteiger partial charge in [-0.15, -0.1) is 0 Å². The monoisotopic (exact) mass is 302 g/mol. The minimum absolute atomic E-state index is 0.0136. The third-order valence-electron chi connectivity index (χ3n) is 2.31. The summed E-state index contributed by atoms with van der Waals surface area (Å²) < 4.78 is 15.5. The molecule has 0 N–H and O–H groups in total. The fourth-order valence-electron chi connectivity index (χ4n) is 1.25. The van der Waals surface area contributed by atoms with Crippen LogP contribution < -0.4 is 0 Å². The Labute approximate surface area is 120 Å². The normalized spacial score (nSPS) is 14.3. The summed E-state index contributed by atoms with van der Waals surface area (Å²) in [5.74, 6) is 0. The van der Waals surface area contributed by atoms with Crippen molar-refractivity contribution in [1.82, 2.24) is 0 Å². The second-order valence-corrected chi connectivity index (χ2v) is 7.22. The lowest BCUT2D eigenvalue weighted by molar-refractivity contribution is -0.384. The Kier molecular flexibility index (Phi) is 4.95. The molecule has 0 aliphatic carbocycles. The Hall–Kier alpha value is -1.11. The van der Waals surface area contributed by atoms with Gasteiger partial charge in [0.1, 0.15) is 21.1 Å². The van der Waals surface area contributed by atoms with Crippen LogP contribution in [0.2, 0.25) is 5.02 Å². The summed E-state index contributed by atoms with van der Waals surface area (Å²) in [5.41, 5.74) is 0.658. The van der Waals surface area contributed by atoms with Crippen molar-refractivity contribution in [1.29, 1.82) is 0 Å². The fourth-order valence-corrected chi connectivity index (χ4v) is 2.20. The molecule has 1 aromatic carbocycles. The molecule has 0 saturated carbocycles. The topological polar surface area (TPSA) is 78.6 Å². The van der Waals surface area contributed by atoms with Crippen molar-refractivity contribution < 1.29 is 9.48 Å². The second kappa shape index (κ2) is 5.90. The van der Waals surface area contributed by atoms with Crippen molar-refractivity contribution in [3.8, 4) is 0 Å². The van der Waals surface area contributed by atoms with Gasteiger partial charge in [0, 0.05) is 11.6 Å². The molecule has 7 heteroatoms. The summed E-state index contributed by atoms with van der Waals surface area (Å²) in [6.07, 6.45) is 0. The smallest absolute Gasteiger partial charge is 0.288 e. The van der Waals surface area contributed by atoms with Crippen LogP contribution >= 0.6 is 11.6 Å². The Morgan fingerprint density at radius 2 is 2.00 bits per heavy atom. The molecule has 1 unspecified atom stereocenters. The van der Waals surface area contributed by atoms with E-state index in [4.69, 9.17) is 11.6 Å².